The molecule has 1 fully saturated rings. The molecule has 2 rings (SSSR count). The van der Waals surface area contributed by atoms with E-state index in [9.17, 15) is 0 Å². The minimum absolute atomic E-state index is 0.0183. The van der Waals surface area contributed by atoms with Gasteiger partial charge in [-0.1, -0.05) is 0 Å². The molecule has 1 N–H and O–H groups in total. The first-order valence-electron chi connectivity index (χ1n) is 3.76. The van der Waals surface area contributed by atoms with Crippen LogP contribution in [0.4, 0.5) is 0 Å². The molecule has 1 heterocycles. The highest BCUT2D eigenvalue weighted by molar-refractivity contribution is 5.02. The first-order valence-corrected chi connectivity index (χ1v) is 3.76. The Morgan fingerprint density at radius 3 is 3.00 bits per heavy atom. The van der Waals surface area contributed by atoms with Gasteiger partial charge in [-0.15, -0.1) is 10.2 Å². The van der Waals surface area contributed by atoms with E-state index in [1.165, 1.54) is 0 Å². The predicted molar refractivity (Wildman–Crippen MR) is 38.8 cm³/mol. The van der Waals surface area contributed by atoms with E-state index in [4.69, 9.17) is 5.11 Å². The maximum absolute atomic E-state index is 8.88. The highest BCUT2D eigenvalue weighted by Gasteiger charge is 2.40. The molecule has 0 aromatic carbocycles. The van der Waals surface area contributed by atoms with Crippen molar-refractivity contribution in [3.63, 3.8) is 0 Å². The van der Waals surface area contributed by atoms with Gasteiger partial charge in [0.05, 0.1) is 0 Å². The minimum atomic E-state index is -0.0183. The predicted octanol–water partition coefficient (Wildman–Crippen LogP) is 0.279. The molecule has 60 valence electrons. The minimum Gasteiger partial charge on any atom is -0.388 e. The van der Waals surface area contributed by atoms with Crippen molar-refractivity contribution in [1.29, 1.82) is 0 Å². The van der Waals surface area contributed by atoms with E-state index >= 15 is 0 Å². The maximum atomic E-state index is 8.88. The molecule has 11 heavy (non-hydrogen) atoms. The summed E-state index contributed by atoms with van der Waals surface area (Å²) in [4.78, 5) is 0. The van der Waals surface area contributed by atoms with Crippen molar-refractivity contribution < 1.29 is 5.11 Å². The van der Waals surface area contributed by atoms with Crippen molar-refractivity contribution in [2.24, 2.45) is 0 Å². The summed E-state index contributed by atoms with van der Waals surface area (Å²) in [6.45, 7) is 2.13. The number of aliphatic hydroxyl groups is 1. The number of aliphatic hydroxyl groups excluding tert-OH is 1. The van der Waals surface area contributed by atoms with Gasteiger partial charge in [0.25, 0.3) is 0 Å². The highest BCUT2D eigenvalue weighted by atomic mass is 16.3. The molecular weight excluding hydrogens is 142 g/mol. The van der Waals surface area contributed by atoms with Crippen molar-refractivity contribution in [3.8, 4) is 0 Å². The molecule has 0 radical (unpaired) electrons. The highest BCUT2D eigenvalue weighted by Crippen LogP contribution is 2.43. The Hall–Kier alpha value is -0.900. The van der Waals surface area contributed by atoms with Gasteiger partial charge in [-0.25, -0.2) is 0 Å². The molecule has 0 saturated heterocycles. The molecular formula is C7H11N3O. The quantitative estimate of drug-likeness (QED) is 0.664. The molecule has 0 spiro atoms. The summed E-state index contributed by atoms with van der Waals surface area (Å²) in [5.74, 6) is 0.671. The van der Waals surface area contributed by atoms with Crippen LogP contribution in [0.3, 0.4) is 0 Å². The summed E-state index contributed by atoms with van der Waals surface area (Å²) >= 11 is 0. The summed E-state index contributed by atoms with van der Waals surface area (Å²) in [6, 6.07) is 0. The lowest BCUT2D eigenvalue weighted by Crippen LogP contribution is -2.14. The average molecular weight is 153 g/mol. The summed E-state index contributed by atoms with van der Waals surface area (Å²) < 4.78 is 1.97. The molecule has 0 bridgehead atoms. The SMILES string of the molecule is CC1(n2cnnc2CO)CC1. The van der Waals surface area contributed by atoms with Crippen molar-refractivity contribution in [1.82, 2.24) is 14.8 Å². The third-order valence-corrected chi connectivity index (χ3v) is 2.31. The Morgan fingerprint density at radius 1 is 1.73 bits per heavy atom. The van der Waals surface area contributed by atoms with Crippen molar-refractivity contribution in [3.05, 3.63) is 12.2 Å². The van der Waals surface area contributed by atoms with Crippen LogP contribution in [0.1, 0.15) is 25.6 Å². The van der Waals surface area contributed by atoms with Crippen LogP contribution in [-0.4, -0.2) is 19.9 Å². The van der Waals surface area contributed by atoms with Crippen LogP contribution in [-0.2, 0) is 12.1 Å². The standard InChI is InChI=1S/C7H11N3O/c1-7(2-3-7)10-5-8-9-6(10)4-11/h5,11H,2-4H2,1H3. The van der Waals surface area contributed by atoms with Crippen LogP contribution in [0, 0.1) is 0 Å². The zero-order chi connectivity index (χ0) is 7.90. The Bertz CT molecular complexity index is 264. The van der Waals surface area contributed by atoms with Gasteiger partial charge in [0.15, 0.2) is 5.82 Å². The van der Waals surface area contributed by atoms with Crippen LogP contribution >= 0.6 is 0 Å². The summed E-state index contributed by atoms with van der Waals surface area (Å²) in [5.41, 5.74) is 0.196. The first kappa shape index (κ1) is 6.79. The van der Waals surface area contributed by atoms with E-state index < -0.39 is 0 Å². The van der Waals surface area contributed by atoms with Gasteiger partial charge in [-0.2, -0.15) is 0 Å². The topological polar surface area (TPSA) is 50.9 Å². The molecule has 1 aliphatic carbocycles. The summed E-state index contributed by atoms with van der Waals surface area (Å²) in [6.07, 6.45) is 4.02. The Balaban J connectivity index is 2.36. The Kier molecular flexibility index (Phi) is 1.26. The molecule has 1 aromatic rings. The monoisotopic (exact) mass is 153 g/mol. The zero-order valence-electron chi connectivity index (χ0n) is 6.49. The third kappa shape index (κ3) is 0.939. The second kappa shape index (κ2) is 2.04. The van der Waals surface area contributed by atoms with E-state index in [0.29, 0.717) is 5.82 Å². The fourth-order valence-corrected chi connectivity index (χ4v) is 1.24. The van der Waals surface area contributed by atoms with Crippen LogP contribution in [0.15, 0.2) is 6.33 Å². The van der Waals surface area contributed by atoms with E-state index in [2.05, 4.69) is 17.1 Å². The Morgan fingerprint density at radius 2 is 2.45 bits per heavy atom. The molecule has 0 aliphatic heterocycles. The lowest BCUT2D eigenvalue weighted by Gasteiger charge is -2.11. The fraction of sp³-hybridized carbons (Fsp3) is 0.714. The first-order chi connectivity index (χ1) is 5.26. The van der Waals surface area contributed by atoms with E-state index in [-0.39, 0.29) is 12.1 Å². The molecule has 4 heteroatoms. The molecule has 0 amide bonds. The molecule has 4 nitrogen and oxygen atoms in total. The van der Waals surface area contributed by atoms with Crippen LogP contribution in [0.5, 0.6) is 0 Å². The number of aromatic nitrogens is 3. The van der Waals surface area contributed by atoms with Gasteiger partial charge in [-0.3, -0.25) is 0 Å². The van der Waals surface area contributed by atoms with Crippen molar-refractivity contribution in [2.45, 2.75) is 31.9 Å². The molecule has 0 unspecified atom stereocenters. The number of nitrogens with zero attached hydrogens (tertiary/aromatic N) is 3. The number of rotatable bonds is 2. The summed E-state index contributed by atoms with van der Waals surface area (Å²) in [5, 5.41) is 16.4. The number of hydrogen-bond acceptors (Lipinski definition) is 3. The number of hydrogen-bond donors (Lipinski definition) is 1. The van der Waals surface area contributed by atoms with Crippen LogP contribution in [0.25, 0.3) is 0 Å². The van der Waals surface area contributed by atoms with Gasteiger partial charge >= 0.3 is 0 Å². The van der Waals surface area contributed by atoms with E-state index in [1.807, 2.05) is 4.57 Å². The van der Waals surface area contributed by atoms with Gasteiger partial charge < -0.3 is 9.67 Å². The third-order valence-electron chi connectivity index (χ3n) is 2.31. The van der Waals surface area contributed by atoms with Gasteiger partial charge in [-0.05, 0) is 19.8 Å². The molecule has 0 atom stereocenters. The second-order valence-electron chi connectivity index (χ2n) is 3.27. The van der Waals surface area contributed by atoms with E-state index in [1.54, 1.807) is 6.33 Å². The maximum Gasteiger partial charge on any atom is 0.159 e. The lowest BCUT2D eigenvalue weighted by atomic mass is 10.3. The van der Waals surface area contributed by atoms with Gasteiger partial charge in [0, 0.05) is 5.54 Å². The second-order valence-corrected chi connectivity index (χ2v) is 3.27. The average Bonchev–Trinajstić information content (AvgIpc) is 2.61. The van der Waals surface area contributed by atoms with Crippen molar-refractivity contribution >= 4 is 0 Å². The lowest BCUT2D eigenvalue weighted by molar-refractivity contribution is 0.259. The van der Waals surface area contributed by atoms with Crippen LogP contribution < -0.4 is 0 Å². The Labute approximate surface area is 64.9 Å². The summed E-state index contributed by atoms with van der Waals surface area (Å²) in [7, 11) is 0. The van der Waals surface area contributed by atoms with E-state index in [0.717, 1.165) is 12.8 Å². The molecule has 1 aromatic heterocycles. The van der Waals surface area contributed by atoms with Crippen molar-refractivity contribution in [2.75, 3.05) is 0 Å². The normalized spacial score (nSPS) is 20.2. The largest absolute Gasteiger partial charge is 0.388 e. The molecule has 1 saturated carbocycles. The smallest absolute Gasteiger partial charge is 0.159 e. The molecule has 1 aliphatic rings. The van der Waals surface area contributed by atoms with Crippen LogP contribution in [0.2, 0.25) is 0 Å². The van der Waals surface area contributed by atoms with Gasteiger partial charge in [0.1, 0.15) is 12.9 Å². The zero-order valence-corrected chi connectivity index (χ0v) is 6.49. The fourth-order valence-electron chi connectivity index (χ4n) is 1.24. The van der Waals surface area contributed by atoms with Gasteiger partial charge in [0.2, 0.25) is 0 Å².